The zero-order valence-corrected chi connectivity index (χ0v) is 14.4. The molecule has 5 nitrogen and oxygen atoms in total. The molecular weight excluding hydrogens is 280 g/mol. The lowest BCUT2D eigenvalue weighted by Crippen LogP contribution is -2.45. The van der Waals surface area contributed by atoms with Gasteiger partial charge in [0.05, 0.1) is 24.3 Å². The van der Waals surface area contributed by atoms with E-state index in [1.54, 1.807) is 20.9 Å². The van der Waals surface area contributed by atoms with Crippen LogP contribution in [-0.4, -0.2) is 41.3 Å². The van der Waals surface area contributed by atoms with Gasteiger partial charge in [0.1, 0.15) is 5.75 Å². The van der Waals surface area contributed by atoms with E-state index in [1.807, 2.05) is 45.0 Å². The van der Waals surface area contributed by atoms with Crippen molar-refractivity contribution >= 4 is 6.03 Å². The van der Waals surface area contributed by atoms with Gasteiger partial charge in [-0.05, 0) is 52.3 Å². The minimum atomic E-state index is -0.912. The average Bonchev–Trinajstić information content (AvgIpc) is 2.36. The monoisotopic (exact) mass is 308 g/mol. The quantitative estimate of drug-likeness (QED) is 0.849. The van der Waals surface area contributed by atoms with E-state index in [0.717, 1.165) is 11.3 Å². The second kappa shape index (κ2) is 7.49. The molecule has 0 radical (unpaired) electrons. The number of hydrogen-bond donors (Lipinski definition) is 2. The number of likely N-dealkylation sites (N-methyl/N-ethyl adjacent to an activating group) is 1. The third kappa shape index (κ3) is 6.35. The minimum absolute atomic E-state index is 0.121. The number of hydrogen-bond acceptors (Lipinski definition) is 3. The molecule has 0 aromatic heterocycles. The van der Waals surface area contributed by atoms with Gasteiger partial charge in [-0.3, -0.25) is 0 Å². The molecule has 1 atom stereocenters. The summed E-state index contributed by atoms with van der Waals surface area (Å²) < 4.78 is 5.60. The maximum Gasteiger partial charge on any atom is 0.317 e. The average molecular weight is 308 g/mol. The van der Waals surface area contributed by atoms with E-state index in [0.29, 0.717) is 0 Å². The molecule has 1 rings (SSSR count). The van der Waals surface area contributed by atoms with Crippen molar-refractivity contribution in [2.24, 2.45) is 0 Å². The predicted octanol–water partition coefficient (Wildman–Crippen LogP) is 2.95. The second-order valence-corrected chi connectivity index (χ2v) is 6.58. The van der Waals surface area contributed by atoms with Crippen molar-refractivity contribution < 1.29 is 14.6 Å². The molecule has 1 unspecified atom stereocenters. The maximum atomic E-state index is 12.1. The molecule has 2 N–H and O–H groups in total. The fourth-order valence-electron chi connectivity index (χ4n) is 2.14. The number of nitrogens with one attached hydrogen (secondary N) is 1. The van der Waals surface area contributed by atoms with Gasteiger partial charge in [-0.15, -0.1) is 0 Å². The van der Waals surface area contributed by atoms with Crippen molar-refractivity contribution in [2.45, 2.75) is 52.4 Å². The van der Waals surface area contributed by atoms with Crippen LogP contribution in [0.2, 0.25) is 0 Å². The van der Waals surface area contributed by atoms with Crippen LogP contribution in [0.3, 0.4) is 0 Å². The van der Waals surface area contributed by atoms with Crippen molar-refractivity contribution in [1.82, 2.24) is 10.2 Å². The van der Waals surface area contributed by atoms with Gasteiger partial charge in [-0.1, -0.05) is 12.1 Å². The number of benzene rings is 1. The Morgan fingerprint density at radius 2 is 1.82 bits per heavy atom. The van der Waals surface area contributed by atoms with Crippen LogP contribution in [0.15, 0.2) is 24.3 Å². The lowest BCUT2D eigenvalue weighted by molar-refractivity contribution is 0.0528. The van der Waals surface area contributed by atoms with Gasteiger partial charge in [0, 0.05) is 7.05 Å². The van der Waals surface area contributed by atoms with Gasteiger partial charge in [-0.25, -0.2) is 4.79 Å². The van der Waals surface area contributed by atoms with Crippen LogP contribution in [0.25, 0.3) is 0 Å². The smallest absolute Gasteiger partial charge is 0.317 e. The van der Waals surface area contributed by atoms with Gasteiger partial charge in [0.25, 0.3) is 0 Å². The van der Waals surface area contributed by atoms with E-state index in [9.17, 15) is 9.90 Å². The lowest BCUT2D eigenvalue weighted by Gasteiger charge is -2.27. The highest BCUT2D eigenvalue weighted by Crippen LogP contribution is 2.18. The lowest BCUT2D eigenvalue weighted by atomic mass is 10.1. The molecule has 0 aliphatic heterocycles. The summed E-state index contributed by atoms with van der Waals surface area (Å²) in [7, 11) is 1.67. The summed E-state index contributed by atoms with van der Waals surface area (Å²) >= 11 is 0. The van der Waals surface area contributed by atoms with E-state index < -0.39 is 5.60 Å². The summed E-state index contributed by atoms with van der Waals surface area (Å²) in [6.45, 7) is 9.51. The largest absolute Gasteiger partial charge is 0.491 e. The Labute approximate surface area is 133 Å². The number of nitrogens with zero attached hydrogens (tertiary/aromatic N) is 1. The summed E-state index contributed by atoms with van der Waals surface area (Å²) in [5, 5.41) is 12.7. The van der Waals surface area contributed by atoms with Crippen LogP contribution in [0.5, 0.6) is 5.75 Å². The molecule has 0 aliphatic rings. The highest BCUT2D eigenvalue weighted by atomic mass is 16.5. The van der Waals surface area contributed by atoms with Crippen LogP contribution in [0, 0.1) is 0 Å². The number of rotatable bonds is 6. The number of urea groups is 1. The standard InChI is InChI=1S/C17H28N2O3/c1-12(2)22-15-9-7-14(8-10-15)13(3)18-16(20)19(6)11-17(4,5)21/h7-10,12-13,21H,11H2,1-6H3,(H,18,20). The summed E-state index contributed by atoms with van der Waals surface area (Å²) in [6.07, 6.45) is 0.137. The van der Waals surface area contributed by atoms with Crippen LogP contribution < -0.4 is 10.1 Å². The molecule has 0 saturated carbocycles. The molecule has 1 aromatic carbocycles. The normalized spacial score (nSPS) is 12.9. The predicted molar refractivity (Wildman–Crippen MR) is 88.1 cm³/mol. The first-order valence-electron chi connectivity index (χ1n) is 7.59. The Bertz CT molecular complexity index is 478. The number of carbonyl (C=O) groups excluding carboxylic acids is 1. The van der Waals surface area contributed by atoms with Crippen molar-refractivity contribution in [1.29, 1.82) is 0 Å². The van der Waals surface area contributed by atoms with Gasteiger partial charge < -0.3 is 20.1 Å². The zero-order chi connectivity index (χ0) is 16.9. The first kappa shape index (κ1) is 18.3. The highest BCUT2D eigenvalue weighted by Gasteiger charge is 2.20. The first-order chi connectivity index (χ1) is 10.1. The van der Waals surface area contributed by atoms with Crippen molar-refractivity contribution in [3.05, 3.63) is 29.8 Å². The third-order valence-corrected chi connectivity index (χ3v) is 3.06. The van der Waals surface area contributed by atoms with E-state index in [4.69, 9.17) is 4.74 Å². The molecule has 0 aliphatic carbocycles. The fourth-order valence-corrected chi connectivity index (χ4v) is 2.14. The Balaban J connectivity index is 2.61. The van der Waals surface area contributed by atoms with Gasteiger partial charge in [0.2, 0.25) is 0 Å². The summed E-state index contributed by atoms with van der Waals surface area (Å²) in [5.41, 5.74) is 0.0895. The molecule has 2 amide bonds. The van der Waals surface area contributed by atoms with Crippen LogP contribution in [0.1, 0.15) is 46.2 Å². The Morgan fingerprint density at radius 1 is 1.27 bits per heavy atom. The van der Waals surface area contributed by atoms with Gasteiger partial charge in [0.15, 0.2) is 0 Å². The minimum Gasteiger partial charge on any atom is -0.491 e. The van der Waals surface area contributed by atoms with Crippen LogP contribution in [0.4, 0.5) is 4.79 Å². The fraction of sp³-hybridized carbons (Fsp3) is 0.588. The second-order valence-electron chi connectivity index (χ2n) is 6.58. The molecule has 0 spiro atoms. The first-order valence-corrected chi connectivity index (χ1v) is 7.59. The van der Waals surface area contributed by atoms with E-state index in [2.05, 4.69) is 5.32 Å². The van der Waals surface area contributed by atoms with E-state index in [1.165, 1.54) is 4.90 Å². The topological polar surface area (TPSA) is 61.8 Å². The van der Waals surface area contributed by atoms with Gasteiger partial charge in [-0.2, -0.15) is 0 Å². The summed E-state index contributed by atoms with van der Waals surface area (Å²) in [4.78, 5) is 13.6. The SMILES string of the molecule is CC(C)Oc1ccc(C(C)NC(=O)N(C)CC(C)(C)O)cc1. The summed E-state index contributed by atoms with van der Waals surface area (Å²) in [6, 6.07) is 7.36. The van der Waals surface area contributed by atoms with Crippen LogP contribution in [-0.2, 0) is 0 Å². The molecule has 1 aromatic rings. The Kier molecular flexibility index (Phi) is 6.23. The third-order valence-electron chi connectivity index (χ3n) is 3.06. The van der Waals surface area contributed by atoms with Crippen molar-refractivity contribution in [2.75, 3.05) is 13.6 Å². The Morgan fingerprint density at radius 3 is 2.27 bits per heavy atom. The van der Waals surface area contributed by atoms with Crippen molar-refractivity contribution in [3.8, 4) is 5.75 Å². The molecular formula is C17H28N2O3. The van der Waals surface area contributed by atoms with Gasteiger partial charge >= 0.3 is 6.03 Å². The number of aliphatic hydroxyl groups is 1. The molecule has 124 valence electrons. The molecule has 0 heterocycles. The molecule has 22 heavy (non-hydrogen) atoms. The maximum absolute atomic E-state index is 12.1. The zero-order valence-electron chi connectivity index (χ0n) is 14.4. The molecule has 0 fully saturated rings. The number of carbonyl (C=O) groups is 1. The van der Waals surface area contributed by atoms with Crippen LogP contribution >= 0.6 is 0 Å². The molecule has 0 saturated heterocycles. The highest BCUT2D eigenvalue weighted by molar-refractivity contribution is 5.74. The van der Waals surface area contributed by atoms with E-state index in [-0.39, 0.29) is 24.7 Å². The molecule has 0 bridgehead atoms. The number of amides is 2. The summed E-state index contributed by atoms with van der Waals surface area (Å²) in [5.74, 6) is 0.816. The number of ether oxygens (including phenoxy) is 1. The van der Waals surface area contributed by atoms with Crippen molar-refractivity contribution in [3.63, 3.8) is 0 Å². The Hall–Kier alpha value is -1.75. The molecule has 5 heteroatoms. The van der Waals surface area contributed by atoms with E-state index >= 15 is 0 Å².